The molecule has 0 aliphatic rings. The summed E-state index contributed by atoms with van der Waals surface area (Å²) in [4.78, 5) is 23.8. The minimum absolute atomic E-state index is 0.0392. The van der Waals surface area contributed by atoms with E-state index in [9.17, 15) is 14.9 Å². The van der Waals surface area contributed by atoms with Crippen molar-refractivity contribution in [3.05, 3.63) is 56.2 Å². The van der Waals surface area contributed by atoms with Gasteiger partial charge in [0.15, 0.2) is 0 Å². The molecule has 0 unspecified atom stereocenters. The second-order valence-corrected chi connectivity index (χ2v) is 3.44. The van der Waals surface area contributed by atoms with Crippen LogP contribution >= 0.6 is 11.6 Å². The van der Waals surface area contributed by atoms with Crippen molar-refractivity contribution in [2.24, 2.45) is 0 Å². The van der Waals surface area contributed by atoms with Crippen LogP contribution in [0.4, 0.5) is 5.69 Å². The highest BCUT2D eigenvalue weighted by molar-refractivity contribution is 6.32. The Morgan fingerprint density at radius 1 is 1.44 bits per heavy atom. The smallest absolute Gasteiger partial charge is 0.312 e. The summed E-state index contributed by atoms with van der Waals surface area (Å²) < 4.78 is 1.25. The number of aromatic nitrogens is 2. The Morgan fingerprint density at radius 3 is 2.75 bits per heavy atom. The summed E-state index contributed by atoms with van der Waals surface area (Å²) in [6.07, 6.45) is 2.93. The molecule has 0 radical (unpaired) electrons. The van der Waals surface area contributed by atoms with E-state index in [1.54, 1.807) is 0 Å². The molecule has 82 valence electrons. The number of hydrogen-bond acceptors (Lipinski definition) is 3. The molecule has 0 fully saturated rings. The predicted octanol–water partition coefficient (Wildman–Crippen LogP) is 1.73. The second-order valence-electron chi connectivity index (χ2n) is 3.03. The lowest BCUT2D eigenvalue weighted by Crippen LogP contribution is -2.14. The highest BCUT2D eigenvalue weighted by Gasteiger charge is 2.13. The molecule has 16 heavy (non-hydrogen) atoms. The van der Waals surface area contributed by atoms with Crippen molar-refractivity contribution < 1.29 is 4.92 Å². The normalized spacial score (nSPS) is 10.3. The van der Waals surface area contributed by atoms with Gasteiger partial charge in [0, 0.05) is 18.5 Å². The number of rotatable bonds is 2. The van der Waals surface area contributed by atoms with Gasteiger partial charge in [-0.2, -0.15) is 0 Å². The fraction of sp³-hybridized carbons (Fsp3) is 0. The molecule has 0 saturated carbocycles. The minimum Gasteiger partial charge on any atom is -0.312 e. The second kappa shape index (κ2) is 3.82. The van der Waals surface area contributed by atoms with Crippen LogP contribution in [0.5, 0.6) is 0 Å². The van der Waals surface area contributed by atoms with E-state index in [2.05, 4.69) is 4.98 Å². The van der Waals surface area contributed by atoms with Crippen LogP contribution in [0, 0.1) is 10.1 Å². The highest BCUT2D eigenvalue weighted by atomic mass is 35.5. The number of halogens is 1. The number of aromatic amines is 1. The lowest BCUT2D eigenvalue weighted by atomic mass is 10.3. The van der Waals surface area contributed by atoms with Crippen LogP contribution in [0.25, 0.3) is 5.69 Å². The summed E-state index contributed by atoms with van der Waals surface area (Å²) in [7, 11) is 0. The molecule has 1 aromatic carbocycles. The van der Waals surface area contributed by atoms with Gasteiger partial charge in [0.2, 0.25) is 0 Å². The van der Waals surface area contributed by atoms with Crippen LogP contribution in [0.15, 0.2) is 35.4 Å². The van der Waals surface area contributed by atoms with Crippen molar-refractivity contribution in [3.8, 4) is 5.69 Å². The average Bonchev–Trinajstić information content (AvgIpc) is 2.65. The molecule has 6 nitrogen and oxygen atoms in total. The van der Waals surface area contributed by atoms with E-state index in [-0.39, 0.29) is 16.4 Å². The Balaban J connectivity index is 2.61. The predicted molar refractivity (Wildman–Crippen MR) is 58.1 cm³/mol. The molecule has 1 aromatic heterocycles. The third kappa shape index (κ3) is 1.70. The lowest BCUT2D eigenvalue weighted by Gasteiger charge is -2.01. The van der Waals surface area contributed by atoms with E-state index >= 15 is 0 Å². The maximum absolute atomic E-state index is 11.3. The zero-order valence-corrected chi connectivity index (χ0v) is 8.64. The molecule has 2 aromatic rings. The van der Waals surface area contributed by atoms with Crippen LogP contribution in [0.2, 0.25) is 5.02 Å². The fourth-order valence-electron chi connectivity index (χ4n) is 1.31. The number of H-pyrrole nitrogens is 1. The van der Waals surface area contributed by atoms with Gasteiger partial charge in [-0.1, -0.05) is 11.6 Å². The van der Waals surface area contributed by atoms with Gasteiger partial charge in [0.1, 0.15) is 5.02 Å². The van der Waals surface area contributed by atoms with Gasteiger partial charge in [0.25, 0.3) is 5.69 Å². The van der Waals surface area contributed by atoms with Crippen molar-refractivity contribution in [1.82, 2.24) is 9.55 Å². The van der Waals surface area contributed by atoms with Gasteiger partial charge in [-0.25, -0.2) is 4.79 Å². The molecular weight excluding hydrogens is 234 g/mol. The molecule has 0 spiro atoms. The summed E-state index contributed by atoms with van der Waals surface area (Å²) >= 11 is 5.66. The standard InChI is InChI=1S/C9H6ClN3O3/c10-7-2-1-6(5-8(7)13(15)16)12-4-3-11-9(12)14/h1-5H,(H,11,14). The maximum atomic E-state index is 11.3. The summed E-state index contributed by atoms with van der Waals surface area (Å²) in [5.41, 5.74) is -0.203. The molecule has 2 rings (SSSR count). The first-order valence-corrected chi connectivity index (χ1v) is 4.68. The van der Waals surface area contributed by atoms with E-state index in [1.807, 2.05) is 0 Å². The number of nitrogens with zero attached hydrogens (tertiary/aromatic N) is 2. The quantitative estimate of drug-likeness (QED) is 0.640. The maximum Gasteiger partial charge on any atom is 0.330 e. The van der Waals surface area contributed by atoms with Crippen molar-refractivity contribution >= 4 is 17.3 Å². The zero-order valence-electron chi connectivity index (χ0n) is 7.88. The first kappa shape index (κ1) is 10.4. The SMILES string of the molecule is O=c1[nH]ccn1-c1ccc(Cl)c([N+](=O)[O-])c1. The van der Waals surface area contributed by atoms with Crippen LogP contribution in [-0.2, 0) is 0 Å². The molecule has 0 bridgehead atoms. The van der Waals surface area contributed by atoms with Crippen molar-refractivity contribution in [3.63, 3.8) is 0 Å². The van der Waals surface area contributed by atoms with Gasteiger partial charge in [-0.3, -0.25) is 14.7 Å². The molecular formula is C9H6ClN3O3. The molecule has 1 N–H and O–H groups in total. The molecule has 1 heterocycles. The Labute approximate surface area is 94.2 Å². The van der Waals surface area contributed by atoms with Crippen LogP contribution < -0.4 is 5.69 Å². The van der Waals surface area contributed by atoms with Crippen molar-refractivity contribution in [1.29, 1.82) is 0 Å². The Hall–Kier alpha value is -2.08. The van der Waals surface area contributed by atoms with Crippen molar-refractivity contribution in [2.75, 3.05) is 0 Å². The van der Waals surface area contributed by atoms with E-state index in [0.717, 1.165) is 0 Å². The van der Waals surface area contributed by atoms with Crippen LogP contribution in [-0.4, -0.2) is 14.5 Å². The number of nitro groups is 1. The Morgan fingerprint density at radius 2 is 2.19 bits per heavy atom. The van der Waals surface area contributed by atoms with Gasteiger partial charge in [-0.15, -0.1) is 0 Å². The van der Waals surface area contributed by atoms with E-state index in [1.165, 1.54) is 35.2 Å². The highest BCUT2D eigenvalue weighted by Crippen LogP contribution is 2.26. The molecule has 0 saturated heterocycles. The molecule has 0 amide bonds. The van der Waals surface area contributed by atoms with Gasteiger partial charge < -0.3 is 4.98 Å². The fourth-order valence-corrected chi connectivity index (χ4v) is 1.50. The Bertz CT molecular complexity index is 602. The number of imidazole rings is 1. The monoisotopic (exact) mass is 239 g/mol. The Kier molecular flexibility index (Phi) is 2.49. The molecule has 7 heteroatoms. The zero-order chi connectivity index (χ0) is 11.7. The summed E-state index contributed by atoms with van der Waals surface area (Å²) in [6.45, 7) is 0. The van der Waals surface area contributed by atoms with Gasteiger partial charge >= 0.3 is 5.69 Å². The first-order valence-electron chi connectivity index (χ1n) is 4.30. The summed E-state index contributed by atoms with van der Waals surface area (Å²) in [5, 5.41) is 10.7. The minimum atomic E-state index is -0.594. The largest absolute Gasteiger partial charge is 0.330 e. The van der Waals surface area contributed by atoms with Gasteiger partial charge in [-0.05, 0) is 12.1 Å². The number of benzene rings is 1. The van der Waals surface area contributed by atoms with Gasteiger partial charge in [0.05, 0.1) is 10.6 Å². The van der Waals surface area contributed by atoms with Crippen LogP contribution in [0.3, 0.4) is 0 Å². The summed E-state index contributed by atoms with van der Waals surface area (Å²) in [6, 6.07) is 4.16. The molecule has 0 atom stereocenters. The third-order valence-corrected chi connectivity index (χ3v) is 2.37. The van der Waals surface area contributed by atoms with E-state index in [0.29, 0.717) is 5.69 Å². The molecule has 0 aliphatic carbocycles. The molecule has 0 aliphatic heterocycles. The summed E-state index contributed by atoms with van der Waals surface area (Å²) in [5.74, 6) is 0. The topological polar surface area (TPSA) is 80.9 Å². The first-order chi connectivity index (χ1) is 7.59. The number of nitrogens with one attached hydrogen (secondary N) is 1. The van der Waals surface area contributed by atoms with E-state index < -0.39 is 4.92 Å². The lowest BCUT2D eigenvalue weighted by molar-refractivity contribution is -0.384. The average molecular weight is 240 g/mol. The van der Waals surface area contributed by atoms with E-state index in [4.69, 9.17) is 11.6 Å². The van der Waals surface area contributed by atoms with Crippen molar-refractivity contribution in [2.45, 2.75) is 0 Å². The number of hydrogen-bond donors (Lipinski definition) is 1. The number of nitro benzene ring substituents is 1. The van der Waals surface area contributed by atoms with Crippen LogP contribution in [0.1, 0.15) is 0 Å². The third-order valence-electron chi connectivity index (χ3n) is 2.05.